The summed E-state index contributed by atoms with van der Waals surface area (Å²) >= 11 is 0. The summed E-state index contributed by atoms with van der Waals surface area (Å²) in [5.74, 6) is 0.808. The van der Waals surface area contributed by atoms with Crippen LogP contribution >= 0.6 is 0 Å². The fraction of sp³-hybridized carbons (Fsp3) is 0.517. The first kappa shape index (κ1) is 28.2. The summed E-state index contributed by atoms with van der Waals surface area (Å²) in [4.78, 5) is 27.8. The average molecular weight is 483 g/mol. The maximum Gasteiger partial charge on any atom is 0.257 e. The molecular formula is C29H42N2O4. The van der Waals surface area contributed by atoms with Crippen LogP contribution in [-0.2, 0) is 11.2 Å². The van der Waals surface area contributed by atoms with E-state index < -0.39 is 0 Å². The van der Waals surface area contributed by atoms with Crippen LogP contribution in [0.2, 0.25) is 0 Å². The van der Waals surface area contributed by atoms with Gasteiger partial charge in [0.05, 0.1) is 19.8 Å². The molecule has 1 unspecified atom stereocenters. The minimum absolute atomic E-state index is 0.0151. The molecule has 0 heterocycles. The summed E-state index contributed by atoms with van der Waals surface area (Å²) in [6.45, 7) is 6.57. The second-order valence-corrected chi connectivity index (χ2v) is 8.98. The largest absolute Gasteiger partial charge is 0.497 e. The Morgan fingerprint density at radius 3 is 2.29 bits per heavy atom. The highest BCUT2D eigenvalue weighted by Crippen LogP contribution is 2.27. The first-order chi connectivity index (χ1) is 16.9. The Bertz CT molecular complexity index is 927. The highest BCUT2D eigenvalue weighted by atomic mass is 16.5. The molecule has 2 rings (SSSR count). The van der Waals surface area contributed by atoms with Crippen molar-refractivity contribution in [2.24, 2.45) is 0 Å². The number of anilines is 1. The summed E-state index contributed by atoms with van der Waals surface area (Å²) in [6, 6.07) is 13.2. The first-order valence-corrected chi connectivity index (χ1v) is 12.8. The number of nitrogens with zero attached hydrogens (tertiary/aromatic N) is 1. The molecular weight excluding hydrogens is 440 g/mol. The molecule has 0 saturated carbocycles. The molecule has 2 aromatic carbocycles. The molecule has 0 aliphatic rings. The van der Waals surface area contributed by atoms with Crippen molar-refractivity contribution in [2.45, 2.75) is 78.2 Å². The second kappa shape index (κ2) is 15.1. The Balaban J connectivity index is 1.95. The number of methoxy groups -OCH3 is 2. The SMILES string of the molecule is CCCCCCCc1ccc(NC(=O)CCN(C(=O)c2ccc(OC)cc2OC)C(C)CC)cc1. The van der Waals surface area contributed by atoms with E-state index in [0.29, 0.717) is 23.6 Å². The quantitative estimate of drug-likeness (QED) is 0.295. The van der Waals surface area contributed by atoms with Gasteiger partial charge in [-0.2, -0.15) is 0 Å². The van der Waals surface area contributed by atoms with E-state index in [-0.39, 0.29) is 24.3 Å². The van der Waals surface area contributed by atoms with Gasteiger partial charge in [0.2, 0.25) is 5.91 Å². The monoisotopic (exact) mass is 482 g/mol. The number of nitrogens with one attached hydrogen (secondary N) is 1. The van der Waals surface area contributed by atoms with Gasteiger partial charge in [-0.1, -0.05) is 51.7 Å². The van der Waals surface area contributed by atoms with Crippen LogP contribution in [0.15, 0.2) is 42.5 Å². The zero-order chi connectivity index (χ0) is 25.6. The van der Waals surface area contributed by atoms with Crippen molar-refractivity contribution in [1.29, 1.82) is 0 Å². The van der Waals surface area contributed by atoms with Gasteiger partial charge in [0, 0.05) is 30.8 Å². The first-order valence-electron chi connectivity index (χ1n) is 12.8. The summed E-state index contributed by atoms with van der Waals surface area (Å²) in [5, 5.41) is 2.96. The molecule has 2 amide bonds. The Morgan fingerprint density at radius 2 is 1.66 bits per heavy atom. The lowest BCUT2D eigenvalue weighted by molar-refractivity contribution is -0.116. The van der Waals surface area contributed by atoms with Gasteiger partial charge in [-0.15, -0.1) is 0 Å². The molecule has 1 atom stereocenters. The van der Waals surface area contributed by atoms with Crippen molar-refractivity contribution in [3.63, 3.8) is 0 Å². The molecule has 6 nitrogen and oxygen atoms in total. The smallest absolute Gasteiger partial charge is 0.257 e. The van der Waals surface area contributed by atoms with Gasteiger partial charge in [0.1, 0.15) is 11.5 Å². The molecule has 0 bridgehead atoms. The summed E-state index contributed by atoms with van der Waals surface area (Å²) in [6.07, 6.45) is 8.39. The van der Waals surface area contributed by atoms with E-state index in [9.17, 15) is 9.59 Å². The molecule has 0 aliphatic carbocycles. The molecule has 0 saturated heterocycles. The molecule has 6 heteroatoms. The molecule has 0 fully saturated rings. The molecule has 0 radical (unpaired) electrons. The van der Waals surface area contributed by atoms with Gasteiger partial charge in [-0.3, -0.25) is 9.59 Å². The standard InChI is InChI=1S/C29H42N2O4/c1-6-8-9-10-11-12-23-13-15-24(16-14-23)30-28(32)19-20-31(22(3)7-2)29(33)26-18-17-25(34-4)21-27(26)35-5/h13-18,21-22H,6-12,19-20H2,1-5H3,(H,30,32). The number of hydrogen-bond donors (Lipinski definition) is 1. The number of ether oxygens (including phenoxy) is 2. The summed E-state index contributed by atoms with van der Waals surface area (Å²) in [5.41, 5.74) is 2.53. The molecule has 2 aromatic rings. The minimum atomic E-state index is -0.157. The third-order valence-corrected chi connectivity index (χ3v) is 6.41. The fourth-order valence-electron chi connectivity index (χ4n) is 4.01. The van der Waals surface area contributed by atoms with Crippen LogP contribution in [0.1, 0.15) is 81.6 Å². The van der Waals surface area contributed by atoms with Gasteiger partial charge in [0.25, 0.3) is 5.91 Å². The van der Waals surface area contributed by atoms with Gasteiger partial charge < -0.3 is 19.7 Å². The number of rotatable bonds is 15. The van der Waals surface area contributed by atoms with Crippen molar-refractivity contribution in [1.82, 2.24) is 4.90 Å². The number of carbonyl (C=O) groups is 2. The van der Waals surface area contributed by atoms with Crippen LogP contribution in [-0.4, -0.2) is 43.5 Å². The van der Waals surface area contributed by atoms with Gasteiger partial charge in [0.15, 0.2) is 0 Å². The Labute approximate surface area is 211 Å². The van der Waals surface area contributed by atoms with E-state index in [1.807, 2.05) is 26.0 Å². The maximum absolute atomic E-state index is 13.4. The summed E-state index contributed by atoms with van der Waals surface area (Å²) < 4.78 is 10.7. The van der Waals surface area contributed by atoms with E-state index >= 15 is 0 Å². The lowest BCUT2D eigenvalue weighted by atomic mass is 10.1. The topological polar surface area (TPSA) is 67.9 Å². The van der Waals surface area contributed by atoms with Crippen LogP contribution in [0.25, 0.3) is 0 Å². The van der Waals surface area contributed by atoms with Crippen molar-refractivity contribution in [3.05, 3.63) is 53.6 Å². The molecule has 0 aliphatic heterocycles. The van der Waals surface area contributed by atoms with Crippen LogP contribution in [0.5, 0.6) is 11.5 Å². The van der Waals surface area contributed by atoms with E-state index in [4.69, 9.17) is 9.47 Å². The van der Waals surface area contributed by atoms with Crippen LogP contribution in [0, 0.1) is 0 Å². The number of aryl methyl sites for hydroxylation is 1. The van der Waals surface area contributed by atoms with Crippen molar-refractivity contribution >= 4 is 17.5 Å². The van der Waals surface area contributed by atoms with Crippen LogP contribution in [0.3, 0.4) is 0 Å². The third-order valence-electron chi connectivity index (χ3n) is 6.41. The maximum atomic E-state index is 13.4. The van der Waals surface area contributed by atoms with E-state index in [0.717, 1.165) is 18.5 Å². The van der Waals surface area contributed by atoms with Crippen LogP contribution in [0.4, 0.5) is 5.69 Å². The van der Waals surface area contributed by atoms with Crippen molar-refractivity contribution < 1.29 is 19.1 Å². The van der Waals surface area contributed by atoms with Crippen LogP contribution < -0.4 is 14.8 Å². The van der Waals surface area contributed by atoms with E-state index in [2.05, 4.69) is 24.4 Å². The molecule has 35 heavy (non-hydrogen) atoms. The summed E-state index contributed by atoms with van der Waals surface area (Å²) in [7, 11) is 3.10. The minimum Gasteiger partial charge on any atom is -0.497 e. The predicted molar refractivity (Wildman–Crippen MR) is 142 cm³/mol. The number of benzene rings is 2. The molecule has 192 valence electrons. The van der Waals surface area contributed by atoms with E-state index in [1.54, 1.807) is 30.2 Å². The lowest BCUT2D eigenvalue weighted by Gasteiger charge is -2.29. The number of unbranched alkanes of at least 4 members (excludes halogenated alkanes) is 4. The highest BCUT2D eigenvalue weighted by Gasteiger charge is 2.24. The predicted octanol–water partition coefficient (Wildman–Crippen LogP) is 6.49. The average Bonchev–Trinajstić information content (AvgIpc) is 2.88. The van der Waals surface area contributed by atoms with E-state index in [1.165, 1.54) is 44.8 Å². The third kappa shape index (κ3) is 8.93. The van der Waals surface area contributed by atoms with Crippen molar-refractivity contribution in [2.75, 3.05) is 26.1 Å². The van der Waals surface area contributed by atoms with Gasteiger partial charge in [-0.25, -0.2) is 0 Å². The Hall–Kier alpha value is -3.02. The highest BCUT2D eigenvalue weighted by molar-refractivity contribution is 5.98. The second-order valence-electron chi connectivity index (χ2n) is 8.98. The molecule has 0 aromatic heterocycles. The Morgan fingerprint density at radius 1 is 0.943 bits per heavy atom. The zero-order valence-corrected chi connectivity index (χ0v) is 22.1. The van der Waals surface area contributed by atoms with Crippen molar-refractivity contribution in [3.8, 4) is 11.5 Å². The van der Waals surface area contributed by atoms with Gasteiger partial charge in [-0.05, 0) is 56.0 Å². The number of amides is 2. The Kier molecular flexibility index (Phi) is 12.2. The lowest BCUT2D eigenvalue weighted by Crippen LogP contribution is -2.40. The number of hydrogen-bond acceptors (Lipinski definition) is 4. The normalized spacial score (nSPS) is 11.6. The fourth-order valence-corrected chi connectivity index (χ4v) is 4.01. The molecule has 1 N–H and O–H groups in total. The molecule has 0 spiro atoms. The zero-order valence-electron chi connectivity index (χ0n) is 22.1. The number of carbonyl (C=O) groups excluding carboxylic acids is 2. The van der Waals surface area contributed by atoms with Gasteiger partial charge >= 0.3 is 0 Å².